The molecule has 0 radical (unpaired) electrons. The van der Waals surface area contributed by atoms with E-state index in [0.717, 1.165) is 26.1 Å². The maximum absolute atomic E-state index is 12.2. The van der Waals surface area contributed by atoms with Crippen molar-refractivity contribution in [2.45, 2.75) is 26.3 Å². The Hall–Kier alpha value is -1.36. The lowest BCUT2D eigenvalue weighted by Gasteiger charge is -2.37. The minimum Gasteiger partial charge on any atom is -0.361 e. The van der Waals surface area contributed by atoms with Gasteiger partial charge >= 0.3 is 0 Å². The zero-order chi connectivity index (χ0) is 11.5. The number of rotatable bonds is 4. The molecule has 16 heavy (non-hydrogen) atoms. The second kappa shape index (κ2) is 4.65. The SMILES string of the molecule is CCCN(C(=O)c1cc(C)on1)C1CNC1. The van der Waals surface area contributed by atoms with Crippen LogP contribution in [0.15, 0.2) is 10.6 Å². The minimum atomic E-state index is -0.0230. The minimum absolute atomic E-state index is 0.0230. The highest BCUT2D eigenvalue weighted by atomic mass is 16.5. The fraction of sp³-hybridized carbons (Fsp3) is 0.636. The molecule has 1 aliphatic heterocycles. The Morgan fingerprint density at radius 3 is 2.88 bits per heavy atom. The fourth-order valence-electron chi connectivity index (χ4n) is 1.80. The molecule has 1 aliphatic rings. The van der Waals surface area contributed by atoms with Crippen LogP contribution >= 0.6 is 0 Å². The molecule has 1 fully saturated rings. The van der Waals surface area contributed by atoms with E-state index in [-0.39, 0.29) is 5.91 Å². The largest absolute Gasteiger partial charge is 0.361 e. The predicted octanol–water partition coefficient (Wildman–Crippen LogP) is 0.807. The van der Waals surface area contributed by atoms with Gasteiger partial charge in [0.25, 0.3) is 5.91 Å². The first kappa shape index (κ1) is 11.1. The highest BCUT2D eigenvalue weighted by Gasteiger charge is 2.29. The number of aryl methyl sites for hydroxylation is 1. The van der Waals surface area contributed by atoms with Crippen molar-refractivity contribution in [2.24, 2.45) is 0 Å². The van der Waals surface area contributed by atoms with Gasteiger partial charge in [-0.2, -0.15) is 0 Å². The molecule has 88 valence electrons. The van der Waals surface area contributed by atoms with Gasteiger partial charge < -0.3 is 14.7 Å². The summed E-state index contributed by atoms with van der Waals surface area (Å²) in [5.74, 6) is 0.650. The molecule has 1 N–H and O–H groups in total. The topological polar surface area (TPSA) is 58.4 Å². The van der Waals surface area contributed by atoms with Crippen molar-refractivity contribution in [3.8, 4) is 0 Å². The van der Waals surface area contributed by atoms with Crippen LogP contribution in [0.1, 0.15) is 29.6 Å². The van der Waals surface area contributed by atoms with Gasteiger partial charge in [-0.3, -0.25) is 4.79 Å². The molecular formula is C11H17N3O2. The van der Waals surface area contributed by atoms with Crippen LogP contribution < -0.4 is 5.32 Å². The number of hydrogen-bond donors (Lipinski definition) is 1. The molecule has 0 bridgehead atoms. The summed E-state index contributed by atoms with van der Waals surface area (Å²) in [5, 5.41) is 6.95. The molecule has 0 aromatic carbocycles. The van der Waals surface area contributed by atoms with E-state index >= 15 is 0 Å². The first-order chi connectivity index (χ1) is 7.72. The Morgan fingerprint density at radius 2 is 2.44 bits per heavy atom. The van der Waals surface area contributed by atoms with E-state index in [1.54, 1.807) is 13.0 Å². The standard InChI is InChI=1S/C11H17N3O2/c1-3-4-14(9-6-12-7-9)11(15)10-5-8(2)16-13-10/h5,9,12H,3-4,6-7H2,1-2H3. The van der Waals surface area contributed by atoms with Crippen LogP contribution in [0.4, 0.5) is 0 Å². The van der Waals surface area contributed by atoms with Gasteiger partial charge in [0.1, 0.15) is 5.76 Å². The van der Waals surface area contributed by atoms with Gasteiger partial charge in [0.05, 0.1) is 6.04 Å². The molecule has 0 saturated carbocycles. The van der Waals surface area contributed by atoms with E-state index in [0.29, 0.717) is 17.5 Å². The molecule has 1 saturated heterocycles. The number of amides is 1. The quantitative estimate of drug-likeness (QED) is 0.820. The normalized spacial score (nSPS) is 15.9. The van der Waals surface area contributed by atoms with Gasteiger partial charge in [-0.25, -0.2) is 0 Å². The maximum Gasteiger partial charge on any atom is 0.276 e. The number of aromatic nitrogens is 1. The van der Waals surface area contributed by atoms with Crippen LogP contribution in [0.25, 0.3) is 0 Å². The van der Waals surface area contributed by atoms with Gasteiger partial charge in [0, 0.05) is 25.7 Å². The van der Waals surface area contributed by atoms with Crippen molar-refractivity contribution in [1.29, 1.82) is 0 Å². The molecule has 0 unspecified atom stereocenters. The monoisotopic (exact) mass is 223 g/mol. The molecule has 5 heteroatoms. The smallest absolute Gasteiger partial charge is 0.276 e. The predicted molar refractivity (Wildman–Crippen MR) is 59.2 cm³/mol. The lowest BCUT2D eigenvalue weighted by molar-refractivity contribution is 0.0605. The average molecular weight is 223 g/mol. The lowest BCUT2D eigenvalue weighted by atomic mass is 10.1. The Kier molecular flexibility index (Phi) is 3.24. The molecular weight excluding hydrogens is 206 g/mol. The summed E-state index contributed by atoms with van der Waals surface area (Å²) in [5.41, 5.74) is 0.415. The third-order valence-corrected chi connectivity index (χ3v) is 2.77. The number of hydrogen-bond acceptors (Lipinski definition) is 4. The van der Waals surface area contributed by atoms with E-state index in [1.165, 1.54) is 0 Å². The van der Waals surface area contributed by atoms with Gasteiger partial charge in [0.15, 0.2) is 5.69 Å². The molecule has 5 nitrogen and oxygen atoms in total. The third kappa shape index (κ3) is 2.09. The van der Waals surface area contributed by atoms with Crippen LogP contribution in [0.3, 0.4) is 0 Å². The summed E-state index contributed by atoms with van der Waals surface area (Å²) in [6.07, 6.45) is 0.957. The van der Waals surface area contributed by atoms with Crippen LogP contribution in [0.2, 0.25) is 0 Å². The van der Waals surface area contributed by atoms with Crippen molar-refractivity contribution in [3.63, 3.8) is 0 Å². The van der Waals surface area contributed by atoms with E-state index in [1.807, 2.05) is 4.90 Å². The number of carbonyl (C=O) groups is 1. The fourth-order valence-corrected chi connectivity index (χ4v) is 1.80. The second-order valence-corrected chi connectivity index (χ2v) is 4.13. The highest BCUT2D eigenvalue weighted by Crippen LogP contribution is 2.12. The summed E-state index contributed by atoms with van der Waals surface area (Å²) < 4.78 is 4.93. The molecule has 2 rings (SSSR count). The number of nitrogens with zero attached hydrogens (tertiary/aromatic N) is 2. The van der Waals surface area contributed by atoms with Crippen molar-refractivity contribution in [3.05, 3.63) is 17.5 Å². The van der Waals surface area contributed by atoms with Crippen molar-refractivity contribution in [2.75, 3.05) is 19.6 Å². The number of carbonyl (C=O) groups excluding carboxylic acids is 1. The summed E-state index contributed by atoms with van der Waals surface area (Å²) in [4.78, 5) is 14.0. The molecule has 0 aliphatic carbocycles. The summed E-state index contributed by atoms with van der Waals surface area (Å²) in [6.45, 7) is 6.39. The molecule has 2 heterocycles. The Balaban J connectivity index is 2.09. The summed E-state index contributed by atoms with van der Waals surface area (Å²) in [7, 11) is 0. The van der Waals surface area contributed by atoms with E-state index < -0.39 is 0 Å². The first-order valence-corrected chi connectivity index (χ1v) is 5.67. The molecule has 1 amide bonds. The third-order valence-electron chi connectivity index (χ3n) is 2.77. The van der Waals surface area contributed by atoms with E-state index in [9.17, 15) is 4.79 Å². The van der Waals surface area contributed by atoms with Crippen molar-refractivity contribution < 1.29 is 9.32 Å². The van der Waals surface area contributed by atoms with Crippen LogP contribution in [0, 0.1) is 6.92 Å². The lowest BCUT2D eigenvalue weighted by Crippen LogP contribution is -2.59. The Morgan fingerprint density at radius 1 is 1.69 bits per heavy atom. The maximum atomic E-state index is 12.2. The molecule has 0 atom stereocenters. The molecule has 1 aromatic rings. The first-order valence-electron chi connectivity index (χ1n) is 5.67. The zero-order valence-corrected chi connectivity index (χ0v) is 9.69. The molecule has 1 aromatic heterocycles. The molecule has 0 spiro atoms. The van der Waals surface area contributed by atoms with Gasteiger partial charge in [-0.15, -0.1) is 0 Å². The van der Waals surface area contributed by atoms with E-state index in [2.05, 4.69) is 17.4 Å². The average Bonchev–Trinajstić information content (AvgIpc) is 2.60. The Labute approximate surface area is 94.8 Å². The summed E-state index contributed by atoms with van der Waals surface area (Å²) in [6, 6.07) is 2.00. The van der Waals surface area contributed by atoms with E-state index in [4.69, 9.17) is 4.52 Å². The van der Waals surface area contributed by atoms with Gasteiger partial charge in [0.2, 0.25) is 0 Å². The van der Waals surface area contributed by atoms with Crippen LogP contribution in [-0.4, -0.2) is 41.6 Å². The van der Waals surface area contributed by atoms with Crippen LogP contribution in [-0.2, 0) is 0 Å². The Bertz CT molecular complexity index is 371. The highest BCUT2D eigenvalue weighted by molar-refractivity contribution is 5.92. The van der Waals surface area contributed by atoms with Crippen LogP contribution in [0.5, 0.6) is 0 Å². The number of nitrogens with one attached hydrogen (secondary N) is 1. The zero-order valence-electron chi connectivity index (χ0n) is 9.69. The van der Waals surface area contributed by atoms with Gasteiger partial charge in [-0.1, -0.05) is 12.1 Å². The van der Waals surface area contributed by atoms with Crippen molar-refractivity contribution >= 4 is 5.91 Å². The van der Waals surface area contributed by atoms with Crippen molar-refractivity contribution in [1.82, 2.24) is 15.4 Å². The second-order valence-electron chi connectivity index (χ2n) is 4.13. The van der Waals surface area contributed by atoms with Gasteiger partial charge in [-0.05, 0) is 13.3 Å². The summed E-state index contributed by atoms with van der Waals surface area (Å²) >= 11 is 0.